The first kappa shape index (κ1) is 25.4. The zero-order valence-corrected chi connectivity index (χ0v) is 21.8. The number of nitrogens with one attached hydrogen (secondary N) is 1. The van der Waals surface area contributed by atoms with Crippen molar-refractivity contribution in [1.29, 1.82) is 0 Å². The second-order valence-electron chi connectivity index (χ2n) is 8.62. The molecule has 0 radical (unpaired) electrons. The number of guanidine groups is 1. The van der Waals surface area contributed by atoms with Crippen LogP contribution < -0.4 is 10.1 Å². The van der Waals surface area contributed by atoms with E-state index in [9.17, 15) is 0 Å². The van der Waals surface area contributed by atoms with Gasteiger partial charge in [-0.05, 0) is 55.7 Å². The van der Waals surface area contributed by atoms with E-state index in [2.05, 4.69) is 46.4 Å². The number of aliphatic imine (C=N–C) groups is 1. The third kappa shape index (κ3) is 7.36. The van der Waals surface area contributed by atoms with Crippen LogP contribution in [-0.4, -0.2) is 52.4 Å². The van der Waals surface area contributed by atoms with Crippen molar-refractivity contribution in [3.63, 3.8) is 0 Å². The molecule has 31 heavy (non-hydrogen) atoms. The quantitative estimate of drug-likeness (QED) is 0.314. The summed E-state index contributed by atoms with van der Waals surface area (Å²) in [4.78, 5) is 7.32. The van der Waals surface area contributed by atoms with Crippen molar-refractivity contribution >= 4 is 29.9 Å². The van der Waals surface area contributed by atoms with Gasteiger partial charge in [-0.2, -0.15) is 0 Å². The van der Waals surface area contributed by atoms with Gasteiger partial charge in [0.25, 0.3) is 0 Å². The number of hydrogen-bond acceptors (Lipinski definition) is 4. The van der Waals surface area contributed by atoms with Crippen LogP contribution in [0.15, 0.2) is 29.3 Å². The summed E-state index contributed by atoms with van der Waals surface area (Å²) in [6, 6.07) is 8.26. The number of methoxy groups -OCH3 is 1. The van der Waals surface area contributed by atoms with E-state index in [-0.39, 0.29) is 24.0 Å². The minimum atomic E-state index is 0. The van der Waals surface area contributed by atoms with Gasteiger partial charge in [-0.15, -0.1) is 34.2 Å². The Balaban J connectivity index is 0.00000341. The molecule has 2 heterocycles. The summed E-state index contributed by atoms with van der Waals surface area (Å²) in [5.41, 5.74) is 1.28. The highest BCUT2D eigenvalue weighted by Gasteiger charge is 2.25. The molecule has 172 valence electrons. The summed E-state index contributed by atoms with van der Waals surface area (Å²) in [6.07, 6.45) is 3.45. The van der Waals surface area contributed by atoms with Crippen LogP contribution in [0.3, 0.4) is 0 Å². The zero-order chi connectivity index (χ0) is 21.5. The van der Waals surface area contributed by atoms with E-state index in [1.807, 2.05) is 30.7 Å². The normalized spacial score (nSPS) is 16.5. The van der Waals surface area contributed by atoms with Crippen LogP contribution in [-0.2, 0) is 20.0 Å². The van der Waals surface area contributed by atoms with Crippen LogP contribution in [0.5, 0.6) is 5.75 Å². The molecule has 0 saturated carbocycles. The molecule has 7 nitrogen and oxygen atoms in total. The maximum atomic E-state index is 5.25. The molecule has 1 fully saturated rings. The zero-order valence-electron chi connectivity index (χ0n) is 19.5. The molecular weight excluding hydrogens is 503 g/mol. The SMILES string of the molecule is COc1ccc(CCNC(=NCc2nnc(C)n2C)N2CCC(CC(C)C)C2)cc1.I. The Hall–Kier alpha value is -1.84. The van der Waals surface area contributed by atoms with Crippen molar-refractivity contribution < 1.29 is 4.74 Å². The Kier molecular flexibility index (Phi) is 10.1. The molecule has 0 amide bonds. The van der Waals surface area contributed by atoms with Gasteiger partial charge < -0.3 is 19.5 Å². The van der Waals surface area contributed by atoms with Gasteiger partial charge in [0.1, 0.15) is 18.1 Å². The van der Waals surface area contributed by atoms with Gasteiger partial charge in [0, 0.05) is 26.7 Å². The summed E-state index contributed by atoms with van der Waals surface area (Å²) < 4.78 is 7.25. The molecule has 1 atom stereocenters. The summed E-state index contributed by atoms with van der Waals surface area (Å²) >= 11 is 0. The lowest BCUT2D eigenvalue weighted by molar-refractivity contribution is 0.403. The molecular formula is C23H37IN6O. The highest BCUT2D eigenvalue weighted by Crippen LogP contribution is 2.23. The average molecular weight is 540 g/mol. The molecule has 1 aliphatic rings. The standard InChI is InChI=1S/C23H36N6O.HI/c1-17(2)14-20-11-13-29(16-20)23(25-15-22-27-26-18(3)28(22)4)24-12-10-19-6-8-21(30-5)9-7-19;/h6-9,17,20H,10-16H2,1-5H3,(H,24,25);1H. The van der Waals surface area contributed by atoms with Gasteiger partial charge in [-0.25, -0.2) is 4.99 Å². The van der Waals surface area contributed by atoms with Gasteiger partial charge >= 0.3 is 0 Å². The highest BCUT2D eigenvalue weighted by atomic mass is 127. The van der Waals surface area contributed by atoms with Gasteiger partial charge in [-0.1, -0.05) is 26.0 Å². The number of hydrogen-bond donors (Lipinski definition) is 1. The smallest absolute Gasteiger partial charge is 0.194 e. The third-order valence-corrected chi connectivity index (χ3v) is 5.80. The number of halogens is 1. The first-order valence-electron chi connectivity index (χ1n) is 11.0. The monoisotopic (exact) mass is 540 g/mol. The summed E-state index contributed by atoms with van der Waals surface area (Å²) in [5, 5.41) is 12.0. The summed E-state index contributed by atoms with van der Waals surface area (Å²) in [6.45, 7) is 10.1. The van der Waals surface area contributed by atoms with E-state index in [1.54, 1.807) is 7.11 Å². The molecule has 1 aliphatic heterocycles. The van der Waals surface area contributed by atoms with Crippen molar-refractivity contribution in [2.24, 2.45) is 23.9 Å². The summed E-state index contributed by atoms with van der Waals surface area (Å²) in [5.74, 6) is 5.15. The Morgan fingerprint density at radius 1 is 1.26 bits per heavy atom. The van der Waals surface area contributed by atoms with E-state index in [4.69, 9.17) is 9.73 Å². The molecule has 8 heteroatoms. The number of likely N-dealkylation sites (tertiary alicyclic amines) is 1. The molecule has 1 saturated heterocycles. The number of rotatable bonds is 8. The van der Waals surface area contributed by atoms with Crippen LogP contribution >= 0.6 is 24.0 Å². The van der Waals surface area contributed by atoms with Crippen LogP contribution in [0.4, 0.5) is 0 Å². The van der Waals surface area contributed by atoms with Crippen LogP contribution in [0.2, 0.25) is 0 Å². The van der Waals surface area contributed by atoms with Crippen molar-refractivity contribution in [3.05, 3.63) is 41.5 Å². The Bertz CT molecular complexity index is 833. The number of nitrogens with zero attached hydrogens (tertiary/aromatic N) is 5. The lowest BCUT2D eigenvalue weighted by Crippen LogP contribution is -2.41. The average Bonchev–Trinajstić information content (AvgIpc) is 3.32. The molecule has 1 unspecified atom stereocenters. The molecule has 2 aromatic rings. The van der Waals surface area contributed by atoms with Crippen molar-refractivity contribution in [2.45, 2.75) is 46.6 Å². The van der Waals surface area contributed by atoms with E-state index >= 15 is 0 Å². The Morgan fingerprint density at radius 2 is 2.00 bits per heavy atom. The molecule has 3 rings (SSSR count). The van der Waals surface area contributed by atoms with Gasteiger partial charge in [-0.3, -0.25) is 0 Å². The second-order valence-corrected chi connectivity index (χ2v) is 8.62. The Morgan fingerprint density at radius 3 is 2.61 bits per heavy atom. The first-order valence-corrected chi connectivity index (χ1v) is 11.0. The van der Waals surface area contributed by atoms with Gasteiger partial charge in [0.05, 0.1) is 7.11 Å². The lowest BCUT2D eigenvalue weighted by Gasteiger charge is -2.22. The van der Waals surface area contributed by atoms with E-state index in [1.165, 1.54) is 18.4 Å². The first-order chi connectivity index (χ1) is 14.5. The van der Waals surface area contributed by atoms with E-state index in [0.29, 0.717) is 6.54 Å². The number of aromatic nitrogens is 3. The van der Waals surface area contributed by atoms with E-state index in [0.717, 1.165) is 61.2 Å². The third-order valence-electron chi connectivity index (χ3n) is 5.80. The van der Waals surface area contributed by atoms with Crippen molar-refractivity contribution in [1.82, 2.24) is 25.0 Å². The van der Waals surface area contributed by atoms with Crippen LogP contribution in [0.1, 0.15) is 43.9 Å². The molecule has 0 spiro atoms. The lowest BCUT2D eigenvalue weighted by atomic mass is 9.97. The molecule has 1 aromatic carbocycles. The number of aryl methyl sites for hydroxylation is 1. The number of ether oxygens (including phenoxy) is 1. The van der Waals surface area contributed by atoms with Gasteiger partial charge in [0.15, 0.2) is 11.8 Å². The highest BCUT2D eigenvalue weighted by molar-refractivity contribution is 14.0. The van der Waals surface area contributed by atoms with Gasteiger partial charge in [0.2, 0.25) is 0 Å². The van der Waals surface area contributed by atoms with E-state index < -0.39 is 0 Å². The van der Waals surface area contributed by atoms with Crippen LogP contribution in [0, 0.1) is 18.8 Å². The minimum Gasteiger partial charge on any atom is -0.497 e. The molecule has 0 aliphatic carbocycles. The fourth-order valence-corrected chi connectivity index (χ4v) is 4.00. The Labute approximate surface area is 203 Å². The molecule has 1 N–H and O–H groups in total. The number of benzene rings is 1. The molecule has 1 aromatic heterocycles. The largest absolute Gasteiger partial charge is 0.497 e. The fraction of sp³-hybridized carbons (Fsp3) is 0.609. The second kappa shape index (κ2) is 12.3. The predicted octanol–water partition coefficient (Wildman–Crippen LogP) is 3.81. The minimum absolute atomic E-state index is 0. The molecule has 0 bridgehead atoms. The maximum Gasteiger partial charge on any atom is 0.194 e. The topological polar surface area (TPSA) is 67.6 Å². The predicted molar refractivity (Wildman–Crippen MR) is 136 cm³/mol. The summed E-state index contributed by atoms with van der Waals surface area (Å²) in [7, 11) is 3.69. The maximum absolute atomic E-state index is 5.25. The fourth-order valence-electron chi connectivity index (χ4n) is 4.00. The van der Waals surface area contributed by atoms with Crippen LogP contribution in [0.25, 0.3) is 0 Å². The van der Waals surface area contributed by atoms with Crippen molar-refractivity contribution in [3.8, 4) is 5.75 Å². The van der Waals surface area contributed by atoms with Crippen molar-refractivity contribution in [2.75, 3.05) is 26.7 Å².